The van der Waals surface area contributed by atoms with Gasteiger partial charge in [-0.3, -0.25) is 4.90 Å². The first-order chi connectivity index (χ1) is 8.56. The van der Waals surface area contributed by atoms with Crippen LogP contribution in [0, 0.1) is 5.82 Å². The summed E-state index contributed by atoms with van der Waals surface area (Å²) in [5.41, 5.74) is 7.08. The lowest BCUT2D eigenvalue weighted by Crippen LogP contribution is -2.24. The molecule has 0 amide bonds. The molecule has 0 saturated carbocycles. The van der Waals surface area contributed by atoms with Gasteiger partial charge in [-0.25, -0.2) is 4.39 Å². The molecule has 0 unspecified atom stereocenters. The lowest BCUT2D eigenvalue weighted by molar-refractivity contribution is 0.275. The molecule has 0 aliphatic heterocycles. The lowest BCUT2D eigenvalue weighted by Gasteiger charge is -2.20. The first-order valence-electron chi connectivity index (χ1n) is 6.38. The zero-order chi connectivity index (χ0) is 13.5. The maximum atomic E-state index is 13.5. The molecule has 2 N–H and O–H groups in total. The van der Waals surface area contributed by atoms with Crippen molar-refractivity contribution in [1.82, 2.24) is 4.90 Å². The van der Waals surface area contributed by atoms with Crippen LogP contribution in [0.1, 0.15) is 37.8 Å². The molecule has 0 bridgehead atoms. The highest BCUT2D eigenvalue weighted by Gasteiger charge is 2.07. The van der Waals surface area contributed by atoms with Gasteiger partial charge in [0.15, 0.2) is 0 Å². The summed E-state index contributed by atoms with van der Waals surface area (Å²) < 4.78 is 13.5. The summed E-state index contributed by atoms with van der Waals surface area (Å²) in [6.45, 7) is 7.01. The van der Waals surface area contributed by atoms with E-state index >= 15 is 0 Å². The van der Waals surface area contributed by atoms with E-state index in [1.165, 1.54) is 6.07 Å². The summed E-state index contributed by atoms with van der Waals surface area (Å²) in [5.74, 6) is -0.276. The Bertz CT molecular complexity index is 407. The molecule has 18 heavy (non-hydrogen) atoms. The Kier molecular flexibility index (Phi) is 6.22. The van der Waals surface area contributed by atoms with Crippen molar-refractivity contribution in [3.05, 3.63) is 35.1 Å². The highest BCUT2D eigenvalue weighted by atomic mass is 32.1. The largest absolute Gasteiger partial charge is 0.389 e. The molecule has 0 aliphatic carbocycles. The van der Waals surface area contributed by atoms with E-state index in [1.807, 2.05) is 6.07 Å². The standard InChI is InChI=1S/C14H21FN2S/c1-3-5-6-17(4-2)10-11-7-12(14(16)18)9-13(15)8-11/h7-9H,3-6,10H2,1-2H3,(H2,16,18). The van der Waals surface area contributed by atoms with Crippen molar-refractivity contribution < 1.29 is 4.39 Å². The summed E-state index contributed by atoms with van der Waals surface area (Å²) in [4.78, 5) is 2.54. The van der Waals surface area contributed by atoms with Crippen LogP contribution in [0.25, 0.3) is 0 Å². The molecule has 0 aromatic heterocycles. The molecule has 0 atom stereocenters. The molecule has 0 saturated heterocycles. The first-order valence-corrected chi connectivity index (χ1v) is 6.79. The van der Waals surface area contributed by atoms with E-state index in [9.17, 15) is 4.39 Å². The smallest absolute Gasteiger partial charge is 0.124 e. The second-order valence-corrected chi connectivity index (χ2v) is 4.87. The molecule has 1 aromatic rings. The minimum Gasteiger partial charge on any atom is -0.389 e. The van der Waals surface area contributed by atoms with Gasteiger partial charge in [-0.05, 0) is 43.3 Å². The predicted octanol–water partition coefficient (Wildman–Crippen LogP) is 3.08. The molecule has 1 aromatic carbocycles. The number of benzene rings is 1. The fourth-order valence-electron chi connectivity index (χ4n) is 1.87. The summed E-state index contributed by atoms with van der Waals surface area (Å²) >= 11 is 4.89. The van der Waals surface area contributed by atoms with E-state index in [2.05, 4.69) is 18.7 Å². The van der Waals surface area contributed by atoms with E-state index in [0.29, 0.717) is 5.56 Å². The van der Waals surface area contributed by atoms with E-state index in [0.717, 1.165) is 38.0 Å². The molecule has 0 spiro atoms. The zero-order valence-electron chi connectivity index (χ0n) is 11.1. The van der Waals surface area contributed by atoms with Crippen LogP contribution in [0.3, 0.4) is 0 Å². The van der Waals surface area contributed by atoms with Crippen LogP contribution in [0.5, 0.6) is 0 Å². The summed E-state index contributed by atoms with van der Waals surface area (Å²) in [5, 5.41) is 0. The Morgan fingerprint density at radius 1 is 1.33 bits per heavy atom. The molecule has 0 radical (unpaired) electrons. The van der Waals surface area contributed by atoms with Gasteiger partial charge in [0, 0.05) is 12.1 Å². The van der Waals surface area contributed by atoms with Crippen LogP contribution in [0.4, 0.5) is 4.39 Å². The van der Waals surface area contributed by atoms with Gasteiger partial charge in [-0.2, -0.15) is 0 Å². The molecule has 1 rings (SSSR count). The monoisotopic (exact) mass is 268 g/mol. The van der Waals surface area contributed by atoms with Gasteiger partial charge in [0.2, 0.25) is 0 Å². The third-order valence-electron chi connectivity index (χ3n) is 2.92. The maximum absolute atomic E-state index is 13.5. The van der Waals surface area contributed by atoms with Gasteiger partial charge in [0.05, 0.1) is 0 Å². The number of hydrogen-bond acceptors (Lipinski definition) is 2. The average molecular weight is 268 g/mol. The van der Waals surface area contributed by atoms with Gasteiger partial charge in [-0.1, -0.05) is 32.5 Å². The van der Waals surface area contributed by atoms with Gasteiger partial charge in [0.1, 0.15) is 10.8 Å². The topological polar surface area (TPSA) is 29.3 Å². The van der Waals surface area contributed by atoms with Crippen molar-refractivity contribution in [3.8, 4) is 0 Å². The average Bonchev–Trinajstić information content (AvgIpc) is 2.33. The fraction of sp³-hybridized carbons (Fsp3) is 0.500. The quantitative estimate of drug-likeness (QED) is 0.771. The van der Waals surface area contributed by atoms with Crippen LogP contribution in [0.15, 0.2) is 18.2 Å². The number of unbranched alkanes of at least 4 members (excludes halogenated alkanes) is 1. The van der Waals surface area contributed by atoms with Gasteiger partial charge in [-0.15, -0.1) is 0 Å². The van der Waals surface area contributed by atoms with Crippen LogP contribution < -0.4 is 5.73 Å². The first kappa shape index (κ1) is 15.1. The number of halogens is 1. The Morgan fingerprint density at radius 2 is 2.06 bits per heavy atom. The SMILES string of the molecule is CCCCN(CC)Cc1cc(F)cc(C(N)=S)c1. The number of thiocarbonyl (C=S) groups is 1. The second-order valence-electron chi connectivity index (χ2n) is 4.43. The normalized spacial score (nSPS) is 10.9. The van der Waals surface area contributed by atoms with Gasteiger partial charge < -0.3 is 5.73 Å². The van der Waals surface area contributed by atoms with E-state index in [4.69, 9.17) is 18.0 Å². The molecule has 2 nitrogen and oxygen atoms in total. The maximum Gasteiger partial charge on any atom is 0.124 e. The zero-order valence-corrected chi connectivity index (χ0v) is 11.9. The predicted molar refractivity (Wildman–Crippen MR) is 78.1 cm³/mol. The Labute approximate surface area is 114 Å². The van der Waals surface area contributed by atoms with Crippen LogP contribution in [-0.2, 0) is 6.54 Å². The van der Waals surface area contributed by atoms with Gasteiger partial charge >= 0.3 is 0 Å². The lowest BCUT2D eigenvalue weighted by atomic mass is 10.1. The third kappa shape index (κ3) is 4.70. The molecular weight excluding hydrogens is 247 g/mol. The van der Waals surface area contributed by atoms with Crippen LogP contribution >= 0.6 is 12.2 Å². The van der Waals surface area contributed by atoms with Crippen molar-refractivity contribution in [1.29, 1.82) is 0 Å². The number of hydrogen-bond donors (Lipinski definition) is 1. The highest BCUT2D eigenvalue weighted by Crippen LogP contribution is 2.12. The Morgan fingerprint density at radius 3 is 2.61 bits per heavy atom. The van der Waals surface area contributed by atoms with Crippen LogP contribution in [0.2, 0.25) is 0 Å². The minimum absolute atomic E-state index is 0.243. The number of rotatable bonds is 7. The summed E-state index contributed by atoms with van der Waals surface area (Å²) in [7, 11) is 0. The molecule has 0 heterocycles. The molecule has 100 valence electrons. The van der Waals surface area contributed by atoms with E-state index in [1.54, 1.807) is 6.07 Å². The number of nitrogens with zero attached hydrogens (tertiary/aromatic N) is 1. The van der Waals surface area contributed by atoms with Crippen molar-refractivity contribution in [2.24, 2.45) is 5.73 Å². The third-order valence-corrected chi connectivity index (χ3v) is 3.16. The second kappa shape index (κ2) is 7.44. The van der Waals surface area contributed by atoms with E-state index in [-0.39, 0.29) is 10.8 Å². The molecule has 0 fully saturated rings. The van der Waals surface area contributed by atoms with Crippen LogP contribution in [-0.4, -0.2) is 23.0 Å². The van der Waals surface area contributed by atoms with Crippen molar-refractivity contribution in [2.75, 3.05) is 13.1 Å². The Balaban J connectivity index is 2.79. The van der Waals surface area contributed by atoms with E-state index < -0.39 is 0 Å². The Hall–Kier alpha value is -1.00. The molecular formula is C14H21FN2S. The highest BCUT2D eigenvalue weighted by molar-refractivity contribution is 7.80. The summed E-state index contributed by atoms with van der Waals surface area (Å²) in [6.07, 6.45) is 2.32. The van der Waals surface area contributed by atoms with Crippen molar-refractivity contribution in [3.63, 3.8) is 0 Å². The van der Waals surface area contributed by atoms with Crippen molar-refractivity contribution in [2.45, 2.75) is 33.2 Å². The molecule has 0 aliphatic rings. The minimum atomic E-state index is -0.276. The molecule has 4 heteroatoms. The van der Waals surface area contributed by atoms with Crippen molar-refractivity contribution >= 4 is 17.2 Å². The fourth-order valence-corrected chi connectivity index (χ4v) is 1.99. The number of nitrogens with two attached hydrogens (primary N) is 1. The summed E-state index contributed by atoms with van der Waals surface area (Å²) in [6, 6.07) is 4.81. The van der Waals surface area contributed by atoms with Gasteiger partial charge in [0.25, 0.3) is 0 Å².